The minimum absolute atomic E-state index is 0.249. The van der Waals surface area contributed by atoms with Crippen LogP contribution in [0.25, 0.3) is 49.1 Å². The predicted molar refractivity (Wildman–Crippen MR) is 265 cm³/mol. The van der Waals surface area contributed by atoms with E-state index in [1.165, 1.54) is 105 Å². The molecule has 1 aliphatic carbocycles. The van der Waals surface area contributed by atoms with Crippen molar-refractivity contribution in [2.45, 2.75) is 59.7 Å². The topological polar surface area (TPSA) is 10.9 Å². The molecule has 2 heterocycles. The van der Waals surface area contributed by atoms with Gasteiger partial charge in [0.2, 0.25) is 0 Å². The molecule has 3 nitrogen and oxygen atoms in total. The van der Waals surface area contributed by atoms with Crippen LogP contribution in [0.1, 0.15) is 41.8 Å². The summed E-state index contributed by atoms with van der Waals surface area (Å²) in [5.74, 6) is 0. The van der Waals surface area contributed by atoms with Gasteiger partial charge in [-0.1, -0.05) is 154 Å². The van der Waals surface area contributed by atoms with E-state index in [4.69, 9.17) is 0 Å². The Bertz CT molecular complexity index is 3350. The third-order valence-electron chi connectivity index (χ3n) is 13.4. The van der Waals surface area contributed by atoms with Gasteiger partial charge in [0.05, 0.1) is 24.8 Å². The maximum Gasteiger partial charge on any atom is 0.0803 e. The van der Waals surface area contributed by atoms with Crippen molar-refractivity contribution in [2.24, 2.45) is 0 Å². The summed E-state index contributed by atoms with van der Waals surface area (Å²) in [7, 11) is -1.78. The summed E-state index contributed by atoms with van der Waals surface area (Å²) in [6, 6.07) is 61.7. The molecule has 4 heteroatoms. The summed E-state index contributed by atoms with van der Waals surface area (Å²) in [4.78, 5) is 5.00. The minimum atomic E-state index is -1.78. The molecule has 0 amide bonds. The number of nitrogens with zero attached hydrogens (tertiary/aromatic N) is 3. The van der Waals surface area contributed by atoms with Gasteiger partial charge in [-0.2, -0.15) is 0 Å². The van der Waals surface area contributed by atoms with E-state index in [-0.39, 0.29) is 5.41 Å². The van der Waals surface area contributed by atoms with Gasteiger partial charge in [0.25, 0.3) is 0 Å². The van der Waals surface area contributed by atoms with Crippen LogP contribution in [-0.4, -0.2) is 12.5 Å². The number of aromatic nitrogens is 1. The highest BCUT2D eigenvalue weighted by Gasteiger charge is 2.42. The lowest BCUT2D eigenvalue weighted by Crippen LogP contribution is -2.40. The van der Waals surface area contributed by atoms with E-state index in [1.54, 1.807) is 0 Å². The molecule has 10 aromatic rings. The number of para-hydroxylation sites is 2. The molecule has 0 unspecified atom stereocenters. The summed E-state index contributed by atoms with van der Waals surface area (Å²) in [6.45, 7) is 18.8. The van der Waals surface area contributed by atoms with E-state index in [0.29, 0.717) is 0 Å². The zero-order valence-electron chi connectivity index (χ0n) is 36.4. The van der Waals surface area contributed by atoms with Gasteiger partial charge in [-0.3, -0.25) is 0 Å². The number of fused-ring (bicyclic) bond motifs is 10. The van der Waals surface area contributed by atoms with Crippen LogP contribution in [0.5, 0.6) is 0 Å². The zero-order chi connectivity index (χ0) is 41.9. The Kier molecular flexibility index (Phi) is 8.24. The van der Waals surface area contributed by atoms with Crippen molar-refractivity contribution >= 4 is 85.3 Å². The SMILES string of the molecule is Cc1ccc(N(c2ccc3ccc4c5ccc(N(c6ccc(C)cc6)c6ccccc6[Si](C)(C)C)c6c7c(n(c65)c4c3c2)C(C)(C)c2ccccc2-7)c2ccccc2C)cc1. The molecule has 298 valence electrons. The van der Waals surface area contributed by atoms with Crippen LogP contribution in [-0.2, 0) is 5.41 Å². The van der Waals surface area contributed by atoms with Crippen molar-refractivity contribution in [3.05, 3.63) is 192 Å². The summed E-state index contributed by atoms with van der Waals surface area (Å²) in [5.41, 5.74) is 18.7. The summed E-state index contributed by atoms with van der Waals surface area (Å²) >= 11 is 0. The molecule has 0 saturated carbocycles. The number of hydrogen-bond donors (Lipinski definition) is 0. The number of hydrogen-bond acceptors (Lipinski definition) is 2. The first-order valence-corrected chi connectivity index (χ1v) is 25.2. The first kappa shape index (κ1) is 37.4. The molecule has 2 aromatic heterocycles. The molecule has 0 fully saturated rings. The maximum absolute atomic E-state index is 2.69. The number of aryl methyl sites for hydroxylation is 3. The molecule has 0 radical (unpaired) electrons. The van der Waals surface area contributed by atoms with E-state index in [9.17, 15) is 0 Å². The second-order valence-electron chi connectivity index (χ2n) is 18.8. The molecule has 0 N–H and O–H groups in total. The van der Waals surface area contributed by atoms with Gasteiger partial charge in [-0.05, 0) is 103 Å². The smallest absolute Gasteiger partial charge is 0.0803 e. The first-order chi connectivity index (χ1) is 29.4. The van der Waals surface area contributed by atoms with Crippen molar-refractivity contribution in [3.8, 4) is 11.1 Å². The standard InChI is InChI=1S/C57H51N3Si/c1-36-21-27-40(28-22-36)58(48-18-12-9-15-38(48)3)42-31-25-39-26-32-43-44-33-34-50(59(41-29-23-37(2)24-30-41)49-19-13-14-20-51(49)61(6,7)8)53-52-45-16-10-11-17-47(45)57(4,5)56(52)60(55(44)53)54(43)46(39)35-42/h9-35H,1-8H3. The average molecular weight is 806 g/mol. The van der Waals surface area contributed by atoms with Crippen LogP contribution in [0.4, 0.5) is 34.1 Å². The Hall–Kier alpha value is -6.62. The summed E-state index contributed by atoms with van der Waals surface area (Å²) < 4.78 is 2.69. The number of rotatable bonds is 7. The summed E-state index contributed by atoms with van der Waals surface area (Å²) in [5, 5.41) is 7.84. The number of benzene rings is 8. The monoisotopic (exact) mass is 805 g/mol. The van der Waals surface area contributed by atoms with Crippen LogP contribution in [0.2, 0.25) is 19.6 Å². The highest BCUT2D eigenvalue weighted by molar-refractivity contribution is 6.89. The van der Waals surface area contributed by atoms with Crippen LogP contribution < -0.4 is 15.0 Å². The zero-order valence-corrected chi connectivity index (χ0v) is 37.4. The van der Waals surface area contributed by atoms with Gasteiger partial charge >= 0.3 is 0 Å². The van der Waals surface area contributed by atoms with E-state index in [1.807, 2.05) is 0 Å². The molecule has 8 aromatic carbocycles. The Morgan fingerprint density at radius 3 is 1.77 bits per heavy atom. The van der Waals surface area contributed by atoms with E-state index in [0.717, 1.165) is 11.4 Å². The van der Waals surface area contributed by atoms with Crippen LogP contribution in [0.15, 0.2) is 164 Å². The van der Waals surface area contributed by atoms with Crippen LogP contribution in [0, 0.1) is 20.8 Å². The lowest BCUT2D eigenvalue weighted by Gasteiger charge is -2.32. The van der Waals surface area contributed by atoms with Gasteiger partial charge in [-0.25, -0.2) is 0 Å². The van der Waals surface area contributed by atoms with E-state index in [2.05, 4.69) is 232 Å². The number of anilines is 6. The fraction of sp³-hybridized carbons (Fsp3) is 0.158. The van der Waals surface area contributed by atoms with Crippen molar-refractivity contribution < 1.29 is 0 Å². The van der Waals surface area contributed by atoms with Crippen LogP contribution >= 0.6 is 0 Å². The third-order valence-corrected chi connectivity index (χ3v) is 15.5. The second-order valence-corrected chi connectivity index (χ2v) is 23.9. The highest BCUT2D eigenvalue weighted by Crippen LogP contribution is 2.58. The largest absolute Gasteiger partial charge is 0.310 e. The Morgan fingerprint density at radius 2 is 1.07 bits per heavy atom. The molecule has 0 aliphatic heterocycles. The second kappa shape index (κ2) is 13.4. The lowest BCUT2D eigenvalue weighted by atomic mass is 9.85. The molecule has 0 spiro atoms. The Balaban J connectivity index is 1.28. The maximum atomic E-state index is 2.69. The van der Waals surface area contributed by atoms with Crippen molar-refractivity contribution in [3.63, 3.8) is 0 Å². The fourth-order valence-corrected chi connectivity index (χ4v) is 12.0. The van der Waals surface area contributed by atoms with Gasteiger partial charge in [0.1, 0.15) is 0 Å². The molecule has 61 heavy (non-hydrogen) atoms. The van der Waals surface area contributed by atoms with Crippen molar-refractivity contribution in [1.82, 2.24) is 4.40 Å². The Labute approximate surface area is 360 Å². The van der Waals surface area contributed by atoms with Crippen LogP contribution in [0.3, 0.4) is 0 Å². The third kappa shape index (κ3) is 5.55. The Morgan fingerprint density at radius 1 is 0.492 bits per heavy atom. The molecular weight excluding hydrogens is 755 g/mol. The molecular formula is C57H51N3Si. The quantitative estimate of drug-likeness (QED) is 0.149. The minimum Gasteiger partial charge on any atom is -0.310 e. The highest BCUT2D eigenvalue weighted by atomic mass is 28.3. The van der Waals surface area contributed by atoms with Gasteiger partial charge in [0, 0.05) is 66.7 Å². The molecule has 0 atom stereocenters. The van der Waals surface area contributed by atoms with Gasteiger partial charge < -0.3 is 14.2 Å². The molecule has 1 aliphatic rings. The predicted octanol–water partition coefficient (Wildman–Crippen LogP) is 15.6. The lowest BCUT2D eigenvalue weighted by molar-refractivity contribution is 0.634. The fourth-order valence-electron chi connectivity index (χ4n) is 10.5. The average Bonchev–Trinajstić information content (AvgIpc) is 3.86. The normalized spacial score (nSPS) is 13.4. The van der Waals surface area contributed by atoms with E-state index < -0.39 is 8.07 Å². The van der Waals surface area contributed by atoms with Crippen molar-refractivity contribution in [2.75, 3.05) is 9.80 Å². The molecule has 0 saturated heterocycles. The molecule has 0 bridgehead atoms. The van der Waals surface area contributed by atoms with Gasteiger partial charge in [-0.15, -0.1) is 0 Å². The summed E-state index contributed by atoms with van der Waals surface area (Å²) in [6.07, 6.45) is 0. The van der Waals surface area contributed by atoms with Crippen molar-refractivity contribution in [1.29, 1.82) is 0 Å². The van der Waals surface area contributed by atoms with Gasteiger partial charge in [0.15, 0.2) is 0 Å². The molecule has 11 rings (SSSR count). The van der Waals surface area contributed by atoms with E-state index >= 15 is 0 Å². The first-order valence-electron chi connectivity index (χ1n) is 21.7.